The third-order valence-electron chi connectivity index (χ3n) is 3.42. The molecule has 2 aromatic rings. The molecule has 0 atom stereocenters. The molecular weight excluding hydrogens is 334 g/mol. The highest BCUT2D eigenvalue weighted by Crippen LogP contribution is 2.25. The highest BCUT2D eigenvalue weighted by atomic mass is 35.5. The van der Waals surface area contributed by atoms with Crippen molar-refractivity contribution >= 4 is 33.6 Å². The third kappa shape index (κ3) is 4.12. The number of hydrogen-bond donors (Lipinski definition) is 1. The zero-order valence-corrected chi connectivity index (χ0v) is 14.7. The molecule has 122 valence electrons. The van der Waals surface area contributed by atoms with Gasteiger partial charge in [0.15, 0.2) is 6.29 Å². The minimum Gasteiger partial charge on any atom is -0.298 e. The smallest absolute Gasteiger partial charge is 0.261 e. The average Bonchev–Trinajstić information content (AvgIpc) is 2.48. The number of rotatable bonds is 4. The molecule has 0 spiro atoms. The molecule has 6 heteroatoms. The van der Waals surface area contributed by atoms with Gasteiger partial charge in [-0.1, -0.05) is 44.5 Å². The maximum atomic E-state index is 12.5. The molecule has 0 unspecified atom stereocenters. The number of sulfonamides is 1. The van der Waals surface area contributed by atoms with E-state index in [1.54, 1.807) is 24.3 Å². The summed E-state index contributed by atoms with van der Waals surface area (Å²) < 4.78 is 27.3. The minimum absolute atomic E-state index is 0.0589. The van der Waals surface area contributed by atoms with Crippen LogP contribution < -0.4 is 4.72 Å². The van der Waals surface area contributed by atoms with Gasteiger partial charge in [0.1, 0.15) is 0 Å². The molecule has 0 aliphatic heterocycles. The molecule has 0 fully saturated rings. The van der Waals surface area contributed by atoms with E-state index in [9.17, 15) is 13.2 Å². The molecule has 0 aliphatic carbocycles. The van der Waals surface area contributed by atoms with Crippen molar-refractivity contribution in [1.29, 1.82) is 0 Å². The van der Waals surface area contributed by atoms with E-state index in [-0.39, 0.29) is 21.6 Å². The van der Waals surface area contributed by atoms with Crippen molar-refractivity contribution in [1.82, 2.24) is 0 Å². The molecule has 23 heavy (non-hydrogen) atoms. The highest BCUT2D eigenvalue weighted by Gasteiger charge is 2.18. The molecular formula is C17H18ClNO3S. The van der Waals surface area contributed by atoms with E-state index in [1.807, 2.05) is 0 Å². The lowest BCUT2D eigenvalue weighted by Gasteiger charge is -2.19. The summed E-state index contributed by atoms with van der Waals surface area (Å²) in [5, 5.41) is 0.365. The first-order valence-corrected chi connectivity index (χ1v) is 8.88. The van der Waals surface area contributed by atoms with Crippen molar-refractivity contribution in [3.8, 4) is 0 Å². The minimum atomic E-state index is -3.77. The van der Waals surface area contributed by atoms with Crippen LogP contribution in [0.3, 0.4) is 0 Å². The van der Waals surface area contributed by atoms with E-state index in [0.29, 0.717) is 11.3 Å². The Balaban J connectivity index is 2.34. The van der Waals surface area contributed by atoms with Crippen LogP contribution in [0.4, 0.5) is 5.69 Å². The Bertz CT molecular complexity index is 822. The fourth-order valence-electron chi connectivity index (χ4n) is 2.06. The first-order chi connectivity index (χ1) is 10.6. The van der Waals surface area contributed by atoms with Gasteiger partial charge in [-0.3, -0.25) is 9.52 Å². The topological polar surface area (TPSA) is 63.2 Å². The van der Waals surface area contributed by atoms with Gasteiger partial charge in [-0.15, -0.1) is 0 Å². The van der Waals surface area contributed by atoms with Crippen LogP contribution in [-0.4, -0.2) is 14.7 Å². The van der Waals surface area contributed by atoms with Crippen molar-refractivity contribution in [2.75, 3.05) is 4.72 Å². The summed E-state index contributed by atoms with van der Waals surface area (Å²) in [5.74, 6) is 0. The van der Waals surface area contributed by atoms with E-state index in [1.165, 1.54) is 18.2 Å². The standard InChI is InChI=1S/C17H18ClNO3S/c1-17(2,3)13-4-7-15(8-5-13)23(21,22)19-16-9-6-14(18)10-12(16)11-20/h4-11,19H,1-3H3. The van der Waals surface area contributed by atoms with Crippen LogP contribution in [0.15, 0.2) is 47.4 Å². The SMILES string of the molecule is CC(C)(C)c1ccc(S(=O)(=O)Nc2ccc(Cl)cc2C=O)cc1. The molecule has 0 saturated heterocycles. The van der Waals surface area contributed by atoms with Crippen molar-refractivity contribution < 1.29 is 13.2 Å². The average molecular weight is 352 g/mol. The number of anilines is 1. The summed E-state index contributed by atoms with van der Waals surface area (Å²) in [7, 11) is -3.77. The fourth-order valence-corrected chi connectivity index (χ4v) is 3.33. The number of hydrogen-bond acceptors (Lipinski definition) is 3. The van der Waals surface area contributed by atoms with Gasteiger partial charge in [-0.05, 0) is 41.3 Å². The number of nitrogens with one attached hydrogen (secondary N) is 1. The lowest BCUT2D eigenvalue weighted by atomic mass is 9.87. The molecule has 2 aromatic carbocycles. The fraction of sp³-hybridized carbons (Fsp3) is 0.235. The Morgan fingerprint density at radius 1 is 1.04 bits per heavy atom. The summed E-state index contributed by atoms with van der Waals surface area (Å²) in [6, 6.07) is 11.1. The number of aldehydes is 1. The molecule has 0 bridgehead atoms. The van der Waals surface area contributed by atoms with E-state index >= 15 is 0 Å². The van der Waals surface area contributed by atoms with Crippen LogP contribution >= 0.6 is 11.6 Å². The van der Waals surface area contributed by atoms with E-state index < -0.39 is 10.0 Å². The second kappa shape index (κ2) is 6.34. The Kier molecular flexibility index (Phi) is 4.82. The molecule has 4 nitrogen and oxygen atoms in total. The van der Waals surface area contributed by atoms with Crippen LogP contribution in [0.5, 0.6) is 0 Å². The molecule has 2 rings (SSSR count). The molecule has 1 N–H and O–H groups in total. The lowest BCUT2D eigenvalue weighted by Crippen LogP contribution is -2.15. The van der Waals surface area contributed by atoms with E-state index in [0.717, 1.165) is 5.56 Å². The Labute approximate surface area is 141 Å². The Morgan fingerprint density at radius 3 is 2.17 bits per heavy atom. The van der Waals surface area contributed by atoms with E-state index in [2.05, 4.69) is 25.5 Å². The molecule has 0 heterocycles. The van der Waals surface area contributed by atoms with Crippen molar-refractivity contribution in [3.05, 3.63) is 58.6 Å². The van der Waals surface area contributed by atoms with Crippen LogP contribution in [0, 0.1) is 0 Å². The van der Waals surface area contributed by atoms with Crippen LogP contribution in [0.2, 0.25) is 5.02 Å². The number of carbonyl (C=O) groups excluding carboxylic acids is 1. The van der Waals surface area contributed by atoms with Crippen molar-refractivity contribution in [2.45, 2.75) is 31.1 Å². The second-order valence-electron chi connectivity index (χ2n) is 6.23. The monoisotopic (exact) mass is 351 g/mol. The van der Waals surface area contributed by atoms with Crippen molar-refractivity contribution in [3.63, 3.8) is 0 Å². The van der Waals surface area contributed by atoms with Gasteiger partial charge in [0, 0.05) is 10.6 Å². The highest BCUT2D eigenvalue weighted by molar-refractivity contribution is 7.92. The summed E-state index contributed by atoms with van der Waals surface area (Å²) in [5.41, 5.74) is 1.37. The summed E-state index contributed by atoms with van der Waals surface area (Å²) in [4.78, 5) is 11.2. The molecule has 0 saturated carbocycles. The van der Waals surface area contributed by atoms with Crippen LogP contribution in [-0.2, 0) is 15.4 Å². The predicted molar refractivity (Wildman–Crippen MR) is 92.8 cm³/mol. The summed E-state index contributed by atoms with van der Waals surface area (Å²) in [6.07, 6.45) is 0.562. The maximum absolute atomic E-state index is 12.5. The maximum Gasteiger partial charge on any atom is 0.261 e. The zero-order chi connectivity index (χ0) is 17.3. The van der Waals surface area contributed by atoms with Gasteiger partial charge < -0.3 is 0 Å². The van der Waals surface area contributed by atoms with Gasteiger partial charge in [-0.2, -0.15) is 0 Å². The number of carbonyl (C=O) groups is 1. The quantitative estimate of drug-likeness (QED) is 0.837. The molecule has 0 aliphatic rings. The van der Waals surface area contributed by atoms with Gasteiger partial charge >= 0.3 is 0 Å². The zero-order valence-electron chi connectivity index (χ0n) is 13.1. The Morgan fingerprint density at radius 2 is 1.65 bits per heavy atom. The third-order valence-corrected chi connectivity index (χ3v) is 5.03. The first-order valence-electron chi connectivity index (χ1n) is 7.01. The second-order valence-corrected chi connectivity index (χ2v) is 8.35. The van der Waals surface area contributed by atoms with Crippen LogP contribution in [0.1, 0.15) is 36.7 Å². The molecule has 0 radical (unpaired) electrons. The number of halogens is 1. The predicted octanol–water partition coefficient (Wildman–Crippen LogP) is 4.25. The normalized spacial score (nSPS) is 12.0. The van der Waals surface area contributed by atoms with Gasteiger partial charge in [0.05, 0.1) is 10.6 Å². The largest absolute Gasteiger partial charge is 0.298 e. The first kappa shape index (κ1) is 17.5. The summed E-state index contributed by atoms with van der Waals surface area (Å²) >= 11 is 5.81. The van der Waals surface area contributed by atoms with Gasteiger partial charge in [0.25, 0.3) is 10.0 Å². The van der Waals surface area contributed by atoms with Crippen LogP contribution in [0.25, 0.3) is 0 Å². The van der Waals surface area contributed by atoms with Gasteiger partial charge in [-0.25, -0.2) is 8.42 Å². The van der Waals surface area contributed by atoms with Gasteiger partial charge in [0.2, 0.25) is 0 Å². The number of benzene rings is 2. The lowest BCUT2D eigenvalue weighted by molar-refractivity contribution is 0.112. The van der Waals surface area contributed by atoms with E-state index in [4.69, 9.17) is 11.6 Å². The summed E-state index contributed by atoms with van der Waals surface area (Å²) in [6.45, 7) is 6.16. The Hall–Kier alpha value is -1.85. The molecule has 0 amide bonds. The molecule has 0 aromatic heterocycles. The van der Waals surface area contributed by atoms with Crippen molar-refractivity contribution in [2.24, 2.45) is 0 Å².